The maximum Gasteiger partial charge on any atom is 0.0719 e. The van der Waals surface area contributed by atoms with E-state index in [0.29, 0.717) is 0 Å². The summed E-state index contributed by atoms with van der Waals surface area (Å²) in [6, 6.07) is 0. The zero-order valence-corrected chi connectivity index (χ0v) is 12.5. The molecule has 1 nitrogen and oxygen atoms in total. The van der Waals surface area contributed by atoms with E-state index >= 15 is 0 Å². The van der Waals surface area contributed by atoms with Crippen LogP contribution in [0, 0.1) is 5.41 Å². The Bertz CT molecular complexity index is 305. The van der Waals surface area contributed by atoms with Crippen molar-refractivity contribution in [1.29, 1.82) is 0 Å². The SMILES string of the molecule is CC1=C(C)C(C)(C(C)(C)O)C(C)=C1C.[Ti]. The number of rotatable bonds is 1. The van der Waals surface area contributed by atoms with Crippen molar-refractivity contribution in [2.45, 2.75) is 54.1 Å². The Kier molecular flexibility index (Phi) is 4.24. The van der Waals surface area contributed by atoms with E-state index in [1.807, 2.05) is 13.8 Å². The maximum absolute atomic E-state index is 10.3. The minimum atomic E-state index is -0.694. The molecule has 0 radical (unpaired) electrons. The van der Waals surface area contributed by atoms with Crippen molar-refractivity contribution in [1.82, 2.24) is 0 Å². The average Bonchev–Trinajstić information content (AvgIpc) is 2.21. The first-order chi connectivity index (χ1) is 6.14. The Morgan fingerprint density at radius 1 is 0.933 bits per heavy atom. The van der Waals surface area contributed by atoms with Crippen LogP contribution in [0.4, 0.5) is 0 Å². The molecule has 0 aromatic rings. The van der Waals surface area contributed by atoms with Crippen LogP contribution in [0.2, 0.25) is 0 Å². The first-order valence-electron chi connectivity index (χ1n) is 5.22. The molecule has 0 bridgehead atoms. The molecule has 0 atom stereocenters. The van der Waals surface area contributed by atoms with Crippen LogP contribution in [0.15, 0.2) is 22.3 Å². The van der Waals surface area contributed by atoms with Crippen molar-refractivity contribution in [3.05, 3.63) is 22.3 Å². The van der Waals surface area contributed by atoms with Crippen molar-refractivity contribution in [3.8, 4) is 0 Å². The Balaban J connectivity index is 0.00000196. The smallest absolute Gasteiger partial charge is 0.0719 e. The fourth-order valence-electron chi connectivity index (χ4n) is 2.51. The summed E-state index contributed by atoms with van der Waals surface area (Å²) in [5.41, 5.74) is 4.40. The van der Waals surface area contributed by atoms with E-state index in [1.54, 1.807) is 0 Å². The average molecular weight is 242 g/mol. The van der Waals surface area contributed by atoms with Crippen LogP contribution in [0.1, 0.15) is 48.5 Å². The molecule has 2 heteroatoms. The molecule has 0 aliphatic heterocycles. The molecule has 0 saturated heterocycles. The second-order valence-electron chi connectivity index (χ2n) is 5.18. The normalized spacial score (nSPS) is 20.8. The molecule has 1 rings (SSSR count). The van der Waals surface area contributed by atoms with E-state index < -0.39 is 5.60 Å². The van der Waals surface area contributed by atoms with Gasteiger partial charge in [-0.3, -0.25) is 0 Å². The quantitative estimate of drug-likeness (QED) is 0.698. The molecule has 1 N–H and O–H groups in total. The van der Waals surface area contributed by atoms with Crippen LogP contribution in [0.25, 0.3) is 0 Å². The van der Waals surface area contributed by atoms with E-state index in [-0.39, 0.29) is 27.1 Å². The molecule has 0 saturated carbocycles. The molecule has 0 amide bonds. The van der Waals surface area contributed by atoms with E-state index in [4.69, 9.17) is 0 Å². The molecule has 84 valence electrons. The first kappa shape index (κ1) is 15.2. The molecule has 0 fully saturated rings. The van der Waals surface area contributed by atoms with Crippen LogP contribution >= 0.6 is 0 Å². The number of hydrogen-bond acceptors (Lipinski definition) is 1. The summed E-state index contributed by atoms with van der Waals surface area (Å²) < 4.78 is 0. The van der Waals surface area contributed by atoms with Gasteiger partial charge in [0.15, 0.2) is 0 Å². The minimum absolute atomic E-state index is 0. The molecular weight excluding hydrogens is 220 g/mol. The van der Waals surface area contributed by atoms with Gasteiger partial charge in [0.25, 0.3) is 0 Å². The van der Waals surface area contributed by atoms with Gasteiger partial charge < -0.3 is 5.11 Å². The zero-order chi connectivity index (χ0) is 11.3. The molecule has 15 heavy (non-hydrogen) atoms. The van der Waals surface area contributed by atoms with Crippen molar-refractivity contribution < 1.29 is 26.8 Å². The van der Waals surface area contributed by atoms with Crippen molar-refractivity contribution in [2.24, 2.45) is 5.41 Å². The Morgan fingerprint density at radius 2 is 1.20 bits per heavy atom. The molecule has 0 unspecified atom stereocenters. The van der Waals surface area contributed by atoms with Gasteiger partial charge in [0.05, 0.1) is 5.60 Å². The van der Waals surface area contributed by atoms with Gasteiger partial charge in [0.1, 0.15) is 0 Å². The zero-order valence-electron chi connectivity index (χ0n) is 10.9. The summed E-state index contributed by atoms with van der Waals surface area (Å²) in [6.45, 7) is 14.5. The van der Waals surface area contributed by atoms with Crippen molar-refractivity contribution >= 4 is 0 Å². The third-order valence-corrected chi connectivity index (χ3v) is 4.41. The Hall–Kier alpha value is 0.154. The van der Waals surface area contributed by atoms with Crippen LogP contribution < -0.4 is 0 Å². The van der Waals surface area contributed by atoms with E-state index in [9.17, 15) is 5.11 Å². The van der Waals surface area contributed by atoms with Gasteiger partial charge in [0, 0.05) is 27.1 Å². The largest absolute Gasteiger partial charge is 0.389 e. The molecular formula is C13H22OTi. The van der Waals surface area contributed by atoms with Gasteiger partial charge in [-0.15, -0.1) is 0 Å². The van der Waals surface area contributed by atoms with Gasteiger partial charge in [-0.2, -0.15) is 0 Å². The maximum atomic E-state index is 10.3. The molecule has 0 spiro atoms. The molecule has 0 heterocycles. The standard InChI is InChI=1S/C13H22O.Ti/c1-8-9(2)11(4)13(7,10(8)3)12(5,6)14;/h14H,1-7H3;. The molecule has 0 aromatic carbocycles. The molecule has 0 aromatic heterocycles. The van der Waals surface area contributed by atoms with Gasteiger partial charge in [-0.25, -0.2) is 0 Å². The second kappa shape index (κ2) is 4.20. The van der Waals surface area contributed by atoms with Gasteiger partial charge in [-0.1, -0.05) is 11.1 Å². The third kappa shape index (κ3) is 1.90. The minimum Gasteiger partial charge on any atom is -0.389 e. The van der Waals surface area contributed by atoms with Crippen LogP contribution in [-0.2, 0) is 21.7 Å². The predicted octanol–water partition coefficient (Wildman–Crippen LogP) is 3.45. The van der Waals surface area contributed by atoms with Crippen molar-refractivity contribution in [2.75, 3.05) is 0 Å². The van der Waals surface area contributed by atoms with Crippen molar-refractivity contribution in [3.63, 3.8) is 0 Å². The number of hydrogen-bond donors (Lipinski definition) is 1. The summed E-state index contributed by atoms with van der Waals surface area (Å²) in [5, 5.41) is 10.3. The van der Waals surface area contributed by atoms with E-state index in [1.165, 1.54) is 22.3 Å². The van der Waals surface area contributed by atoms with Gasteiger partial charge in [-0.05, 0) is 59.6 Å². The topological polar surface area (TPSA) is 20.2 Å². The summed E-state index contributed by atoms with van der Waals surface area (Å²) in [7, 11) is 0. The predicted molar refractivity (Wildman–Crippen MR) is 61.2 cm³/mol. The van der Waals surface area contributed by atoms with E-state index in [0.717, 1.165) is 0 Å². The molecule has 1 aliphatic carbocycles. The summed E-state index contributed by atoms with van der Waals surface area (Å²) in [4.78, 5) is 0. The Labute approximate surface area is 109 Å². The first-order valence-corrected chi connectivity index (χ1v) is 5.22. The number of aliphatic hydroxyl groups is 1. The van der Waals surface area contributed by atoms with E-state index in [2.05, 4.69) is 34.6 Å². The number of allylic oxidation sites excluding steroid dienone is 2. The van der Waals surface area contributed by atoms with Crippen LogP contribution in [-0.4, -0.2) is 10.7 Å². The third-order valence-electron chi connectivity index (χ3n) is 4.41. The Morgan fingerprint density at radius 3 is 1.33 bits per heavy atom. The monoisotopic (exact) mass is 242 g/mol. The van der Waals surface area contributed by atoms with Gasteiger partial charge >= 0.3 is 0 Å². The summed E-state index contributed by atoms with van der Waals surface area (Å²) >= 11 is 0. The molecule has 1 aliphatic rings. The summed E-state index contributed by atoms with van der Waals surface area (Å²) in [6.07, 6.45) is 0. The fourth-order valence-corrected chi connectivity index (χ4v) is 2.51. The second-order valence-corrected chi connectivity index (χ2v) is 5.18. The summed E-state index contributed by atoms with van der Waals surface area (Å²) in [5.74, 6) is 0. The van der Waals surface area contributed by atoms with Crippen LogP contribution in [0.3, 0.4) is 0 Å². The fraction of sp³-hybridized carbons (Fsp3) is 0.692. The van der Waals surface area contributed by atoms with Crippen LogP contribution in [0.5, 0.6) is 0 Å². The van der Waals surface area contributed by atoms with Gasteiger partial charge in [0.2, 0.25) is 0 Å².